The Kier molecular flexibility index (Phi) is 4.25. The molecule has 1 N–H and O–H groups in total. The number of carbonyl (C=O) groups is 1. The molecule has 27 heavy (non-hydrogen) atoms. The van der Waals surface area contributed by atoms with Crippen molar-refractivity contribution in [2.24, 2.45) is 7.05 Å². The first-order valence-corrected chi connectivity index (χ1v) is 8.32. The molecule has 0 aliphatic rings. The number of halogens is 1. The number of nitrogens with one attached hydrogen (secondary N) is 1. The molecule has 1 amide bonds. The van der Waals surface area contributed by atoms with Gasteiger partial charge in [0.05, 0.1) is 11.3 Å². The van der Waals surface area contributed by atoms with Gasteiger partial charge in [0.1, 0.15) is 11.5 Å². The predicted octanol–water partition coefficient (Wildman–Crippen LogP) is 3.66. The van der Waals surface area contributed by atoms with Crippen LogP contribution >= 0.6 is 0 Å². The maximum absolute atomic E-state index is 13.3. The van der Waals surface area contributed by atoms with E-state index in [1.165, 1.54) is 12.1 Å². The standard InChI is InChI=1S/C20H16FN5O/c1-25-12-11-18(23-25)22-20(27)17-13-26(16-5-3-2-4-6-16)24-19(17)14-7-9-15(21)10-8-14/h2-13H,1H3,(H,22,23,27). The van der Waals surface area contributed by atoms with Gasteiger partial charge in [-0.3, -0.25) is 9.48 Å². The SMILES string of the molecule is Cn1ccc(NC(=O)c2cn(-c3ccccc3)nc2-c2ccc(F)cc2)n1. The fourth-order valence-electron chi connectivity index (χ4n) is 2.74. The summed E-state index contributed by atoms with van der Waals surface area (Å²) >= 11 is 0. The Morgan fingerprint density at radius 3 is 2.41 bits per heavy atom. The van der Waals surface area contributed by atoms with Gasteiger partial charge in [-0.2, -0.15) is 10.2 Å². The van der Waals surface area contributed by atoms with Crippen molar-refractivity contribution in [3.63, 3.8) is 0 Å². The number of nitrogens with zero attached hydrogens (tertiary/aromatic N) is 4. The fraction of sp³-hybridized carbons (Fsp3) is 0.0500. The Balaban J connectivity index is 1.77. The van der Waals surface area contributed by atoms with Crippen LogP contribution in [0.4, 0.5) is 10.2 Å². The monoisotopic (exact) mass is 361 g/mol. The van der Waals surface area contributed by atoms with Crippen molar-refractivity contribution in [2.75, 3.05) is 5.32 Å². The highest BCUT2D eigenvalue weighted by Gasteiger charge is 2.19. The molecule has 7 heteroatoms. The molecule has 0 radical (unpaired) electrons. The molecule has 0 aliphatic heterocycles. The van der Waals surface area contributed by atoms with Crippen LogP contribution in [0.1, 0.15) is 10.4 Å². The maximum atomic E-state index is 13.3. The third-order valence-electron chi connectivity index (χ3n) is 4.05. The Morgan fingerprint density at radius 2 is 1.74 bits per heavy atom. The van der Waals surface area contributed by atoms with Gasteiger partial charge < -0.3 is 5.32 Å². The number of para-hydroxylation sites is 1. The molecule has 2 aromatic carbocycles. The normalized spacial score (nSPS) is 10.7. The van der Waals surface area contributed by atoms with Gasteiger partial charge in [0.2, 0.25) is 0 Å². The van der Waals surface area contributed by atoms with Gasteiger partial charge in [-0.25, -0.2) is 9.07 Å². The van der Waals surface area contributed by atoms with E-state index in [0.29, 0.717) is 22.6 Å². The zero-order valence-electron chi connectivity index (χ0n) is 14.5. The Bertz CT molecular complexity index is 1080. The lowest BCUT2D eigenvalue weighted by Gasteiger charge is -2.03. The zero-order valence-corrected chi connectivity index (χ0v) is 14.5. The van der Waals surface area contributed by atoms with Crippen LogP contribution in [0.2, 0.25) is 0 Å². The Morgan fingerprint density at radius 1 is 1.00 bits per heavy atom. The lowest BCUT2D eigenvalue weighted by molar-refractivity contribution is 0.102. The van der Waals surface area contributed by atoms with Crippen molar-refractivity contribution in [2.45, 2.75) is 0 Å². The fourth-order valence-corrected chi connectivity index (χ4v) is 2.74. The molecule has 2 aromatic heterocycles. The van der Waals surface area contributed by atoms with Crippen LogP contribution in [0.15, 0.2) is 73.1 Å². The molecule has 0 fully saturated rings. The maximum Gasteiger partial charge on any atom is 0.260 e. The van der Waals surface area contributed by atoms with E-state index in [1.54, 1.807) is 47.0 Å². The van der Waals surface area contributed by atoms with Crippen molar-refractivity contribution in [3.05, 3.63) is 84.4 Å². The number of aryl methyl sites for hydroxylation is 1. The summed E-state index contributed by atoms with van der Waals surface area (Å²) in [5.41, 5.74) is 2.30. The lowest BCUT2D eigenvalue weighted by atomic mass is 10.1. The highest BCUT2D eigenvalue weighted by atomic mass is 19.1. The number of rotatable bonds is 4. The molecule has 0 bridgehead atoms. The van der Waals surface area contributed by atoms with Gasteiger partial charge in [-0.1, -0.05) is 18.2 Å². The van der Waals surface area contributed by atoms with Crippen LogP contribution < -0.4 is 5.32 Å². The molecule has 2 heterocycles. The van der Waals surface area contributed by atoms with E-state index in [0.717, 1.165) is 5.69 Å². The van der Waals surface area contributed by atoms with Crippen molar-refractivity contribution < 1.29 is 9.18 Å². The Labute approximate surface area is 154 Å². The molecule has 0 spiro atoms. The molecule has 0 atom stereocenters. The van der Waals surface area contributed by atoms with E-state index in [2.05, 4.69) is 15.5 Å². The number of hydrogen-bond acceptors (Lipinski definition) is 3. The second kappa shape index (κ2) is 6.87. The summed E-state index contributed by atoms with van der Waals surface area (Å²) in [4.78, 5) is 12.8. The quantitative estimate of drug-likeness (QED) is 0.603. The average Bonchev–Trinajstić information content (AvgIpc) is 3.30. The van der Waals surface area contributed by atoms with Gasteiger partial charge in [0.15, 0.2) is 5.82 Å². The lowest BCUT2D eigenvalue weighted by Crippen LogP contribution is -2.13. The van der Waals surface area contributed by atoms with Crippen molar-refractivity contribution >= 4 is 11.7 Å². The molecule has 4 aromatic rings. The summed E-state index contributed by atoms with van der Waals surface area (Å²) in [6.07, 6.45) is 3.40. The number of hydrogen-bond donors (Lipinski definition) is 1. The summed E-state index contributed by atoms with van der Waals surface area (Å²) < 4.78 is 16.5. The zero-order chi connectivity index (χ0) is 18.8. The first kappa shape index (κ1) is 16.7. The highest BCUT2D eigenvalue weighted by Crippen LogP contribution is 2.25. The summed E-state index contributed by atoms with van der Waals surface area (Å²) in [6, 6.07) is 17.1. The van der Waals surface area contributed by atoms with Crippen molar-refractivity contribution in [1.29, 1.82) is 0 Å². The molecule has 134 valence electrons. The van der Waals surface area contributed by atoms with Crippen LogP contribution in [0.25, 0.3) is 16.9 Å². The molecular weight excluding hydrogens is 345 g/mol. The minimum Gasteiger partial charge on any atom is -0.305 e. The number of benzene rings is 2. The molecule has 0 aliphatic carbocycles. The second-order valence-electron chi connectivity index (χ2n) is 6.01. The summed E-state index contributed by atoms with van der Waals surface area (Å²) in [5, 5.41) is 11.5. The van der Waals surface area contributed by atoms with Crippen LogP contribution in [-0.4, -0.2) is 25.5 Å². The van der Waals surface area contributed by atoms with E-state index in [9.17, 15) is 9.18 Å². The molecule has 0 unspecified atom stereocenters. The number of anilines is 1. The summed E-state index contributed by atoms with van der Waals surface area (Å²) in [6.45, 7) is 0. The van der Waals surface area contributed by atoms with Crippen LogP contribution in [-0.2, 0) is 7.05 Å². The third kappa shape index (κ3) is 3.48. The molecule has 6 nitrogen and oxygen atoms in total. The summed E-state index contributed by atoms with van der Waals surface area (Å²) in [7, 11) is 1.77. The minimum absolute atomic E-state index is 0.338. The van der Waals surface area contributed by atoms with E-state index < -0.39 is 0 Å². The molecule has 0 saturated carbocycles. The van der Waals surface area contributed by atoms with E-state index >= 15 is 0 Å². The number of carbonyl (C=O) groups excluding carboxylic acids is 1. The van der Waals surface area contributed by atoms with Crippen molar-refractivity contribution in [1.82, 2.24) is 19.6 Å². The van der Waals surface area contributed by atoms with E-state index in [-0.39, 0.29) is 11.7 Å². The van der Waals surface area contributed by atoms with Gasteiger partial charge in [-0.05, 0) is 36.4 Å². The largest absolute Gasteiger partial charge is 0.305 e. The van der Waals surface area contributed by atoms with Gasteiger partial charge >= 0.3 is 0 Å². The predicted molar refractivity (Wildman–Crippen MR) is 100 cm³/mol. The van der Waals surface area contributed by atoms with Crippen LogP contribution in [0.3, 0.4) is 0 Å². The Hall–Kier alpha value is -3.74. The van der Waals surface area contributed by atoms with Crippen LogP contribution in [0, 0.1) is 5.82 Å². The number of aromatic nitrogens is 4. The molecule has 0 saturated heterocycles. The second-order valence-corrected chi connectivity index (χ2v) is 6.01. The average molecular weight is 361 g/mol. The van der Waals surface area contributed by atoms with Gasteiger partial charge in [-0.15, -0.1) is 0 Å². The number of amides is 1. The van der Waals surface area contributed by atoms with E-state index in [4.69, 9.17) is 0 Å². The first-order valence-electron chi connectivity index (χ1n) is 8.32. The minimum atomic E-state index is -0.347. The smallest absolute Gasteiger partial charge is 0.260 e. The van der Waals surface area contributed by atoms with Gasteiger partial charge in [0, 0.05) is 31.1 Å². The third-order valence-corrected chi connectivity index (χ3v) is 4.05. The molecular formula is C20H16FN5O. The topological polar surface area (TPSA) is 64.7 Å². The van der Waals surface area contributed by atoms with Crippen molar-refractivity contribution in [3.8, 4) is 16.9 Å². The van der Waals surface area contributed by atoms with Gasteiger partial charge in [0.25, 0.3) is 5.91 Å². The summed E-state index contributed by atoms with van der Waals surface area (Å²) in [5.74, 6) is -0.240. The van der Waals surface area contributed by atoms with Crippen LogP contribution in [0.5, 0.6) is 0 Å². The first-order chi connectivity index (χ1) is 13.1. The highest BCUT2D eigenvalue weighted by molar-refractivity contribution is 6.07. The molecule has 4 rings (SSSR count). The van der Waals surface area contributed by atoms with E-state index in [1.807, 2.05) is 30.3 Å².